The zero-order valence-corrected chi connectivity index (χ0v) is 20.7. The smallest absolute Gasteiger partial charge is 0.311 e. The summed E-state index contributed by atoms with van der Waals surface area (Å²) in [6.45, 7) is 0. The van der Waals surface area contributed by atoms with Gasteiger partial charge in [0.05, 0.1) is 18.8 Å². The fraction of sp³-hybridized carbons (Fsp3) is 0.156. The maximum absolute atomic E-state index is 13.3. The normalized spacial score (nSPS) is 11.6. The van der Waals surface area contributed by atoms with Crippen LogP contribution >= 0.6 is 0 Å². The summed E-state index contributed by atoms with van der Waals surface area (Å²) in [4.78, 5) is 38.0. The van der Waals surface area contributed by atoms with Crippen LogP contribution in [0.5, 0.6) is 0 Å². The lowest BCUT2D eigenvalue weighted by Crippen LogP contribution is -2.27. The summed E-state index contributed by atoms with van der Waals surface area (Å²) < 4.78 is 11.7. The Morgan fingerprint density at radius 2 is 0.868 bits per heavy atom. The van der Waals surface area contributed by atoms with E-state index in [1.165, 1.54) is 0 Å². The van der Waals surface area contributed by atoms with Gasteiger partial charge in [-0.05, 0) is 22.3 Å². The molecule has 6 nitrogen and oxygen atoms in total. The first-order valence-corrected chi connectivity index (χ1v) is 12.3. The second-order valence-corrected chi connectivity index (χ2v) is 8.83. The molecule has 0 amide bonds. The fourth-order valence-corrected chi connectivity index (χ4v) is 4.21. The number of hydrogen-bond acceptors (Lipinski definition) is 5. The number of carbonyl (C=O) groups excluding carboxylic acids is 2. The third-order valence-corrected chi connectivity index (χ3v) is 6.06. The summed E-state index contributed by atoms with van der Waals surface area (Å²) in [5.41, 5.74) is 2.99. The average Bonchev–Trinajstić information content (AvgIpc) is 2.96. The van der Waals surface area contributed by atoms with Gasteiger partial charge >= 0.3 is 17.9 Å². The Bertz CT molecular complexity index is 1240. The number of benzene rings is 4. The van der Waals surface area contributed by atoms with Crippen LogP contribution in [0.2, 0.25) is 0 Å². The third-order valence-electron chi connectivity index (χ3n) is 6.06. The SMILES string of the molecule is O=C(O)CC(CC(=O)OC(c1ccccc1)c1ccccc1)C(=O)OC(c1ccccc1)c1ccccc1. The Morgan fingerprint density at radius 1 is 0.526 bits per heavy atom. The van der Waals surface area contributed by atoms with Gasteiger partial charge in [-0.3, -0.25) is 14.4 Å². The minimum Gasteiger partial charge on any atom is -0.481 e. The molecule has 4 aromatic carbocycles. The van der Waals surface area contributed by atoms with Crippen LogP contribution in [0.25, 0.3) is 0 Å². The van der Waals surface area contributed by atoms with Crippen LogP contribution in [-0.4, -0.2) is 23.0 Å². The molecule has 0 bridgehead atoms. The molecule has 1 N–H and O–H groups in total. The predicted octanol–water partition coefficient (Wildman–Crippen LogP) is 6.13. The van der Waals surface area contributed by atoms with Crippen LogP contribution in [0.1, 0.15) is 47.3 Å². The third kappa shape index (κ3) is 7.17. The van der Waals surface area contributed by atoms with Crippen LogP contribution in [0.4, 0.5) is 0 Å². The topological polar surface area (TPSA) is 89.9 Å². The molecule has 0 heterocycles. The molecule has 1 atom stereocenters. The zero-order chi connectivity index (χ0) is 26.7. The van der Waals surface area contributed by atoms with E-state index in [1.807, 2.05) is 121 Å². The van der Waals surface area contributed by atoms with E-state index in [2.05, 4.69) is 0 Å². The monoisotopic (exact) mass is 508 g/mol. The largest absolute Gasteiger partial charge is 0.481 e. The van der Waals surface area contributed by atoms with Gasteiger partial charge in [0.15, 0.2) is 12.2 Å². The van der Waals surface area contributed by atoms with Gasteiger partial charge in [-0.2, -0.15) is 0 Å². The number of carbonyl (C=O) groups is 3. The highest BCUT2D eigenvalue weighted by molar-refractivity contribution is 5.84. The number of rotatable bonds is 11. The summed E-state index contributed by atoms with van der Waals surface area (Å²) in [6, 6.07) is 36.8. The molecule has 38 heavy (non-hydrogen) atoms. The molecule has 0 aromatic heterocycles. The van der Waals surface area contributed by atoms with Gasteiger partial charge in [-0.25, -0.2) is 0 Å². The first-order chi connectivity index (χ1) is 18.5. The molecule has 0 aliphatic heterocycles. The van der Waals surface area contributed by atoms with E-state index < -0.39 is 48.9 Å². The van der Waals surface area contributed by atoms with Crippen LogP contribution in [0.15, 0.2) is 121 Å². The van der Waals surface area contributed by atoms with Gasteiger partial charge in [0, 0.05) is 0 Å². The highest BCUT2D eigenvalue weighted by atomic mass is 16.6. The Labute approximate surface area is 221 Å². The van der Waals surface area contributed by atoms with Gasteiger partial charge in [0.1, 0.15) is 0 Å². The molecule has 1 unspecified atom stereocenters. The second-order valence-electron chi connectivity index (χ2n) is 8.83. The highest BCUT2D eigenvalue weighted by Crippen LogP contribution is 2.30. The maximum atomic E-state index is 13.3. The maximum Gasteiger partial charge on any atom is 0.311 e. The highest BCUT2D eigenvalue weighted by Gasteiger charge is 2.31. The van der Waals surface area contributed by atoms with E-state index in [-0.39, 0.29) is 0 Å². The molecule has 0 saturated heterocycles. The number of hydrogen-bond donors (Lipinski definition) is 1. The van der Waals surface area contributed by atoms with Gasteiger partial charge in [0.2, 0.25) is 0 Å². The minimum atomic E-state index is -1.22. The molecule has 4 rings (SSSR count). The van der Waals surface area contributed by atoms with Crippen molar-refractivity contribution < 1.29 is 29.0 Å². The lowest BCUT2D eigenvalue weighted by atomic mass is 9.98. The number of ether oxygens (including phenoxy) is 2. The summed E-state index contributed by atoms with van der Waals surface area (Å²) in [5, 5.41) is 9.49. The molecule has 192 valence electrons. The van der Waals surface area contributed by atoms with E-state index in [1.54, 1.807) is 0 Å². The van der Waals surface area contributed by atoms with E-state index in [0.717, 1.165) is 22.3 Å². The Balaban J connectivity index is 1.54. The van der Waals surface area contributed by atoms with Crippen molar-refractivity contribution in [3.8, 4) is 0 Å². The van der Waals surface area contributed by atoms with Gasteiger partial charge in [0.25, 0.3) is 0 Å². The quantitative estimate of drug-likeness (QED) is 0.245. The molecule has 4 aromatic rings. The number of carboxylic acids is 1. The van der Waals surface area contributed by atoms with Crippen LogP contribution in [-0.2, 0) is 23.9 Å². The molecular formula is C32H28O6. The molecule has 6 heteroatoms. The molecule has 0 saturated carbocycles. The van der Waals surface area contributed by atoms with Crippen molar-refractivity contribution >= 4 is 17.9 Å². The summed E-state index contributed by atoms with van der Waals surface area (Å²) in [5.74, 6) is -3.90. The molecule has 0 radical (unpaired) electrons. The predicted molar refractivity (Wildman–Crippen MR) is 142 cm³/mol. The van der Waals surface area contributed by atoms with Gasteiger partial charge < -0.3 is 14.6 Å². The van der Waals surface area contributed by atoms with E-state index in [9.17, 15) is 19.5 Å². The summed E-state index contributed by atoms with van der Waals surface area (Å²) in [7, 11) is 0. The lowest BCUT2D eigenvalue weighted by molar-refractivity contribution is -0.161. The Kier molecular flexibility index (Phi) is 9.03. The van der Waals surface area contributed by atoms with E-state index in [0.29, 0.717) is 0 Å². The second kappa shape index (κ2) is 13.0. The van der Waals surface area contributed by atoms with E-state index >= 15 is 0 Å². The fourth-order valence-electron chi connectivity index (χ4n) is 4.21. The van der Waals surface area contributed by atoms with Crippen molar-refractivity contribution in [2.75, 3.05) is 0 Å². The van der Waals surface area contributed by atoms with Crippen molar-refractivity contribution in [3.05, 3.63) is 144 Å². The Morgan fingerprint density at radius 3 is 1.21 bits per heavy atom. The van der Waals surface area contributed by atoms with Crippen molar-refractivity contribution in [1.82, 2.24) is 0 Å². The molecule has 0 spiro atoms. The van der Waals surface area contributed by atoms with Crippen molar-refractivity contribution in [2.45, 2.75) is 25.0 Å². The minimum absolute atomic E-state index is 0.433. The molecular weight excluding hydrogens is 480 g/mol. The number of carboxylic acid groups (broad SMARTS) is 1. The molecule has 0 aliphatic carbocycles. The van der Waals surface area contributed by atoms with E-state index in [4.69, 9.17) is 9.47 Å². The van der Waals surface area contributed by atoms with Crippen LogP contribution in [0.3, 0.4) is 0 Å². The Hall–Kier alpha value is -4.71. The first kappa shape index (κ1) is 26.4. The van der Waals surface area contributed by atoms with Crippen molar-refractivity contribution in [1.29, 1.82) is 0 Å². The molecule has 0 aliphatic rings. The standard InChI is InChI=1S/C32H28O6/c33-28(34)21-27(32(36)38-31(25-17-9-3-10-18-25)26-19-11-4-12-20-26)22-29(35)37-30(23-13-5-1-6-14-23)24-15-7-2-8-16-24/h1-20,27,30-31H,21-22H2,(H,33,34). The average molecular weight is 509 g/mol. The zero-order valence-electron chi connectivity index (χ0n) is 20.7. The first-order valence-electron chi connectivity index (χ1n) is 12.3. The van der Waals surface area contributed by atoms with Crippen LogP contribution < -0.4 is 0 Å². The number of esters is 2. The van der Waals surface area contributed by atoms with Crippen LogP contribution in [0, 0.1) is 5.92 Å². The lowest BCUT2D eigenvalue weighted by Gasteiger charge is -2.23. The molecule has 0 fully saturated rings. The summed E-state index contributed by atoms with van der Waals surface area (Å²) >= 11 is 0. The van der Waals surface area contributed by atoms with Crippen molar-refractivity contribution in [3.63, 3.8) is 0 Å². The van der Waals surface area contributed by atoms with Gasteiger partial charge in [-0.15, -0.1) is 0 Å². The van der Waals surface area contributed by atoms with Gasteiger partial charge in [-0.1, -0.05) is 121 Å². The van der Waals surface area contributed by atoms with Crippen molar-refractivity contribution in [2.24, 2.45) is 5.92 Å². The number of aliphatic carboxylic acids is 1. The summed E-state index contributed by atoms with van der Waals surface area (Å²) in [6.07, 6.45) is -2.45.